The molecule has 1 nitrogen and oxygen atoms in total. The van der Waals surface area contributed by atoms with Gasteiger partial charge in [0.1, 0.15) is 0 Å². The zero-order valence-electron chi connectivity index (χ0n) is 8.24. The highest BCUT2D eigenvalue weighted by Gasteiger charge is 2.06. The van der Waals surface area contributed by atoms with Gasteiger partial charge in [-0.05, 0) is 46.9 Å². The van der Waals surface area contributed by atoms with Crippen LogP contribution in [0.3, 0.4) is 0 Å². The van der Waals surface area contributed by atoms with E-state index >= 15 is 0 Å². The molecule has 0 bridgehead atoms. The van der Waals surface area contributed by atoms with Crippen LogP contribution >= 0.6 is 34.2 Å². The Hall–Kier alpha value is -0.870. The summed E-state index contributed by atoms with van der Waals surface area (Å²) in [6.07, 6.45) is 0. The minimum Gasteiger partial charge on any atom is -0.248 e. The Labute approximate surface area is 112 Å². The first-order valence-electron chi connectivity index (χ1n) is 4.89. The molecule has 0 saturated heterocycles. The highest BCUT2D eigenvalue weighted by molar-refractivity contribution is 14.1. The number of benzene rings is 2. The Kier molecular flexibility index (Phi) is 2.48. The molecule has 0 radical (unpaired) electrons. The van der Waals surface area contributed by atoms with E-state index < -0.39 is 0 Å². The molecule has 3 rings (SSSR count). The van der Waals surface area contributed by atoms with Crippen molar-refractivity contribution >= 4 is 56.0 Å². The fourth-order valence-electron chi connectivity index (χ4n) is 1.81. The Bertz CT molecular complexity index is 694. The molecule has 78 valence electrons. The van der Waals surface area contributed by atoms with Gasteiger partial charge >= 0.3 is 0 Å². The molecular weight excluding hydrogens is 333 g/mol. The van der Waals surface area contributed by atoms with Gasteiger partial charge in [0.15, 0.2) is 0 Å². The normalized spacial score (nSPS) is 11.1. The average molecular weight is 340 g/mol. The largest absolute Gasteiger partial charge is 0.248 e. The molecule has 1 aromatic heterocycles. The summed E-state index contributed by atoms with van der Waals surface area (Å²) in [7, 11) is 0. The summed E-state index contributed by atoms with van der Waals surface area (Å²) in [5.74, 6) is 0. The quantitative estimate of drug-likeness (QED) is 0.429. The van der Waals surface area contributed by atoms with E-state index in [-0.39, 0.29) is 0 Å². The average Bonchev–Trinajstić information content (AvgIpc) is 2.31. The third-order valence-corrected chi connectivity index (χ3v) is 3.65. The monoisotopic (exact) mass is 339 g/mol. The second kappa shape index (κ2) is 3.86. The molecular formula is C13H7ClIN. The Morgan fingerprint density at radius 2 is 1.69 bits per heavy atom. The summed E-state index contributed by atoms with van der Waals surface area (Å²) in [5.41, 5.74) is 1.89. The van der Waals surface area contributed by atoms with E-state index in [1.54, 1.807) is 0 Å². The van der Waals surface area contributed by atoms with Gasteiger partial charge in [-0.15, -0.1) is 0 Å². The molecule has 0 amide bonds. The number of hydrogen-bond donors (Lipinski definition) is 0. The molecule has 2 aromatic carbocycles. The van der Waals surface area contributed by atoms with Crippen molar-refractivity contribution in [2.45, 2.75) is 0 Å². The molecule has 0 unspecified atom stereocenters. The van der Waals surface area contributed by atoms with Gasteiger partial charge in [-0.1, -0.05) is 29.8 Å². The van der Waals surface area contributed by atoms with Crippen LogP contribution in [0.25, 0.3) is 21.8 Å². The standard InChI is InChI=1S/C13H7ClIN/c14-13-9-3-1-2-4-11(9)16-12-6-5-8(15)7-10(12)13/h1-7H. The molecule has 0 atom stereocenters. The lowest BCUT2D eigenvalue weighted by Crippen LogP contribution is -1.85. The van der Waals surface area contributed by atoms with Crippen molar-refractivity contribution in [3.63, 3.8) is 0 Å². The zero-order chi connectivity index (χ0) is 11.1. The predicted octanol–water partition coefficient (Wildman–Crippen LogP) is 4.65. The number of fused-ring (bicyclic) bond motifs is 2. The van der Waals surface area contributed by atoms with Gasteiger partial charge in [0, 0.05) is 14.3 Å². The molecule has 0 spiro atoms. The van der Waals surface area contributed by atoms with Crippen LogP contribution in [0.1, 0.15) is 0 Å². The summed E-state index contributed by atoms with van der Waals surface area (Å²) in [5, 5.41) is 2.82. The van der Waals surface area contributed by atoms with Crippen molar-refractivity contribution in [2.24, 2.45) is 0 Å². The highest BCUT2D eigenvalue weighted by Crippen LogP contribution is 2.30. The maximum atomic E-state index is 6.40. The van der Waals surface area contributed by atoms with E-state index in [0.717, 1.165) is 26.8 Å². The Balaban J connectivity index is 2.56. The van der Waals surface area contributed by atoms with Crippen molar-refractivity contribution in [1.29, 1.82) is 0 Å². The fraction of sp³-hybridized carbons (Fsp3) is 0. The van der Waals surface area contributed by atoms with Gasteiger partial charge in [-0.25, -0.2) is 4.98 Å². The first kappa shape index (κ1) is 10.3. The van der Waals surface area contributed by atoms with Crippen molar-refractivity contribution in [3.8, 4) is 0 Å². The molecule has 0 aliphatic carbocycles. The lowest BCUT2D eigenvalue weighted by molar-refractivity contribution is 1.49. The number of rotatable bonds is 0. The third-order valence-electron chi connectivity index (χ3n) is 2.58. The van der Waals surface area contributed by atoms with Crippen LogP contribution in [-0.4, -0.2) is 4.98 Å². The molecule has 16 heavy (non-hydrogen) atoms. The van der Waals surface area contributed by atoms with Crippen LogP contribution in [0.5, 0.6) is 0 Å². The van der Waals surface area contributed by atoms with Crippen LogP contribution in [0.2, 0.25) is 5.02 Å². The van der Waals surface area contributed by atoms with Gasteiger partial charge in [0.05, 0.1) is 16.1 Å². The van der Waals surface area contributed by atoms with Crippen LogP contribution in [0, 0.1) is 3.57 Å². The second-order valence-corrected chi connectivity index (χ2v) is 5.23. The van der Waals surface area contributed by atoms with E-state index in [1.807, 2.05) is 36.4 Å². The summed E-state index contributed by atoms with van der Waals surface area (Å²) in [4.78, 5) is 4.59. The number of halogens is 2. The van der Waals surface area contributed by atoms with E-state index in [0.29, 0.717) is 0 Å². The SMILES string of the molecule is Clc1c2ccccc2nc2ccc(I)cc12. The number of nitrogens with zero attached hydrogens (tertiary/aromatic N) is 1. The minimum absolute atomic E-state index is 0.791. The maximum Gasteiger partial charge on any atom is 0.0725 e. The van der Waals surface area contributed by atoms with E-state index in [9.17, 15) is 0 Å². The Morgan fingerprint density at radius 3 is 2.56 bits per heavy atom. The van der Waals surface area contributed by atoms with Crippen molar-refractivity contribution < 1.29 is 0 Å². The molecule has 0 N–H and O–H groups in total. The fourth-order valence-corrected chi connectivity index (χ4v) is 2.62. The van der Waals surface area contributed by atoms with Gasteiger partial charge in [0.2, 0.25) is 0 Å². The molecule has 0 aliphatic rings. The van der Waals surface area contributed by atoms with Crippen molar-refractivity contribution in [1.82, 2.24) is 4.98 Å². The molecule has 3 aromatic rings. The van der Waals surface area contributed by atoms with Crippen LogP contribution in [-0.2, 0) is 0 Å². The number of pyridine rings is 1. The molecule has 3 heteroatoms. The lowest BCUT2D eigenvalue weighted by Gasteiger charge is -2.05. The second-order valence-electron chi connectivity index (χ2n) is 3.60. The molecule has 1 heterocycles. The van der Waals surface area contributed by atoms with Gasteiger partial charge in [0.25, 0.3) is 0 Å². The third kappa shape index (κ3) is 1.57. The van der Waals surface area contributed by atoms with E-state index in [2.05, 4.69) is 33.6 Å². The predicted molar refractivity (Wildman–Crippen MR) is 77.0 cm³/mol. The first-order chi connectivity index (χ1) is 7.75. The molecule has 0 aliphatic heterocycles. The van der Waals surface area contributed by atoms with Gasteiger partial charge < -0.3 is 0 Å². The van der Waals surface area contributed by atoms with Crippen LogP contribution < -0.4 is 0 Å². The van der Waals surface area contributed by atoms with Crippen LogP contribution in [0.15, 0.2) is 42.5 Å². The Morgan fingerprint density at radius 1 is 0.938 bits per heavy atom. The summed E-state index contributed by atoms with van der Waals surface area (Å²) in [6.45, 7) is 0. The zero-order valence-corrected chi connectivity index (χ0v) is 11.2. The van der Waals surface area contributed by atoms with Gasteiger partial charge in [-0.2, -0.15) is 0 Å². The number of para-hydroxylation sites is 1. The maximum absolute atomic E-state index is 6.40. The molecule has 0 fully saturated rings. The smallest absolute Gasteiger partial charge is 0.0725 e. The van der Waals surface area contributed by atoms with E-state index in [4.69, 9.17) is 11.6 Å². The highest BCUT2D eigenvalue weighted by atomic mass is 127. The van der Waals surface area contributed by atoms with E-state index in [1.165, 1.54) is 3.57 Å². The topological polar surface area (TPSA) is 12.9 Å². The first-order valence-corrected chi connectivity index (χ1v) is 6.35. The number of aromatic nitrogens is 1. The summed E-state index contributed by atoms with van der Waals surface area (Å²) in [6, 6.07) is 14.1. The molecule has 0 saturated carbocycles. The summed E-state index contributed by atoms with van der Waals surface area (Å²) < 4.78 is 1.17. The van der Waals surface area contributed by atoms with Crippen LogP contribution in [0.4, 0.5) is 0 Å². The van der Waals surface area contributed by atoms with Crippen molar-refractivity contribution in [3.05, 3.63) is 51.1 Å². The summed E-state index contributed by atoms with van der Waals surface area (Å²) >= 11 is 8.68. The van der Waals surface area contributed by atoms with Crippen molar-refractivity contribution in [2.75, 3.05) is 0 Å². The number of hydrogen-bond acceptors (Lipinski definition) is 1. The van der Waals surface area contributed by atoms with Gasteiger partial charge in [-0.3, -0.25) is 0 Å². The minimum atomic E-state index is 0.791. The lowest BCUT2D eigenvalue weighted by atomic mass is 10.1.